The lowest BCUT2D eigenvalue weighted by atomic mass is 10.2. The number of hydrogen-bond donors (Lipinski definition) is 1. The van der Waals surface area contributed by atoms with Gasteiger partial charge < -0.3 is 9.73 Å². The summed E-state index contributed by atoms with van der Waals surface area (Å²) >= 11 is 3.36. The van der Waals surface area contributed by atoms with Crippen LogP contribution in [0.15, 0.2) is 33.3 Å². The minimum atomic E-state index is -0.303. The van der Waals surface area contributed by atoms with Gasteiger partial charge in [-0.2, -0.15) is 0 Å². The minimum Gasteiger partial charge on any atom is -0.439 e. The van der Waals surface area contributed by atoms with Gasteiger partial charge in [-0.25, -0.2) is 9.37 Å². The minimum absolute atomic E-state index is 0.0242. The summed E-state index contributed by atoms with van der Waals surface area (Å²) in [7, 11) is 1.83. The summed E-state index contributed by atoms with van der Waals surface area (Å²) in [4.78, 5) is 4.16. The summed E-state index contributed by atoms with van der Waals surface area (Å²) in [5.41, 5.74) is 0.659. The molecule has 0 spiro atoms. The van der Waals surface area contributed by atoms with Gasteiger partial charge in [0.05, 0.1) is 12.2 Å². The number of nitrogens with zero attached hydrogens (tertiary/aromatic N) is 1. The first-order valence-corrected chi connectivity index (χ1v) is 5.99. The molecule has 90 valence electrons. The molecule has 0 amide bonds. The van der Waals surface area contributed by atoms with Crippen LogP contribution in [0.2, 0.25) is 0 Å². The topological polar surface area (TPSA) is 38.1 Å². The molecule has 0 aliphatic carbocycles. The molecule has 0 aliphatic rings. The lowest BCUT2D eigenvalue weighted by Gasteiger charge is -2.04. The fraction of sp³-hybridized carbons (Fsp3) is 0.250. The van der Waals surface area contributed by atoms with E-state index in [1.54, 1.807) is 12.3 Å². The highest BCUT2D eigenvalue weighted by atomic mass is 79.9. The van der Waals surface area contributed by atoms with Crippen LogP contribution in [0, 0.1) is 5.82 Å². The third-order valence-corrected chi connectivity index (χ3v) is 3.21. The average molecular weight is 299 g/mol. The molecule has 0 aliphatic heterocycles. The van der Waals surface area contributed by atoms with E-state index in [1.807, 2.05) is 14.0 Å². The van der Waals surface area contributed by atoms with E-state index in [0.29, 0.717) is 17.2 Å². The highest BCUT2D eigenvalue weighted by Gasteiger charge is 2.13. The SMILES string of the molecule is CNC(C)c1ncc(-c2cc(F)ccc2Br)o1. The number of benzene rings is 1. The largest absolute Gasteiger partial charge is 0.439 e. The summed E-state index contributed by atoms with van der Waals surface area (Å²) in [6.45, 7) is 1.94. The van der Waals surface area contributed by atoms with Crippen LogP contribution in [0.25, 0.3) is 11.3 Å². The normalized spacial score (nSPS) is 12.7. The molecule has 17 heavy (non-hydrogen) atoms. The van der Waals surface area contributed by atoms with E-state index in [-0.39, 0.29) is 11.9 Å². The van der Waals surface area contributed by atoms with Gasteiger partial charge in [-0.15, -0.1) is 0 Å². The van der Waals surface area contributed by atoms with Crippen LogP contribution in [0.4, 0.5) is 4.39 Å². The van der Waals surface area contributed by atoms with E-state index in [2.05, 4.69) is 26.2 Å². The smallest absolute Gasteiger partial charge is 0.211 e. The van der Waals surface area contributed by atoms with Crippen LogP contribution >= 0.6 is 15.9 Å². The van der Waals surface area contributed by atoms with E-state index in [0.717, 1.165) is 4.47 Å². The Balaban J connectivity index is 2.40. The van der Waals surface area contributed by atoms with Gasteiger partial charge in [0.15, 0.2) is 5.76 Å². The Hall–Kier alpha value is -1.20. The maximum atomic E-state index is 13.2. The standard InChI is InChI=1S/C12H12BrFN2O/c1-7(15-2)12-16-6-11(17-12)9-5-8(14)3-4-10(9)13/h3-7,15H,1-2H3. The molecule has 0 saturated heterocycles. The number of hydrogen-bond acceptors (Lipinski definition) is 3. The summed E-state index contributed by atoms with van der Waals surface area (Å²) in [6, 6.07) is 4.48. The molecule has 5 heteroatoms. The molecule has 1 atom stereocenters. The van der Waals surface area contributed by atoms with Crippen LogP contribution in [-0.2, 0) is 0 Å². The number of rotatable bonds is 3. The van der Waals surface area contributed by atoms with Gasteiger partial charge in [0.1, 0.15) is 5.82 Å². The van der Waals surface area contributed by atoms with Crippen molar-refractivity contribution in [3.63, 3.8) is 0 Å². The van der Waals surface area contributed by atoms with Crippen molar-refractivity contribution in [1.29, 1.82) is 0 Å². The van der Waals surface area contributed by atoms with E-state index in [1.165, 1.54) is 12.1 Å². The van der Waals surface area contributed by atoms with Crippen molar-refractivity contribution in [2.75, 3.05) is 7.05 Å². The molecule has 1 aromatic heterocycles. The van der Waals surface area contributed by atoms with Crippen molar-refractivity contribution in [1.82, 2.24) is 10.3 Å². The Bertz CT molecular complexity index is 527. The zero-order chi connectivity index (χ0) is 12.4. The number of halogens is 2. The van der Waals surface area contributed by atoms with E-state index >= 15 is 0 Å². The van der Waals surface area contributed by atoms with Crippen molar-refractivity contribution in [2.24, 2.45) is 0 Å². The fourth-order valence-electron chi connectivity index (χ4n) is 1.42. The number of oxazole rings is 1. The van der Waals surface area contributed by atoms with Crippen LogP contribution < -0.4 is 5.32 Å². The molecular formula is C12H12BrFN2O. The molecule has 1 aromatic carbocycles. The molecule has 0 saturated carbocycles. The van der Waals surface area contributed by atoms with Gasteiger partial charge in [-0.05, 0) is 32.2 Å². The molecule has 0 radical (unpaired) electrons. The molecule has 3 nitrogen and oxygen atoms in total. The second-order valence-electron chi connectivity index (χ2n) is 3.70. The van der Waals surface area contributed by atoms with Gasteiger partial charge in [0, 0.05) is 10.0 Å². The van der Waals surface area contributed by atoms with Crippen molar-refractivity contribution in [3.05, 3.63) is 40.6 Å². The summed E-state index contributed by atoms with van der Waals surface area (Å²) in [5.74, 6) is 0.829. The highest BCUT2D eigenvalue weighted by molar-refractivity contribution is 9.10. The molecule has 1 unspecified atom stereocenters. The third kappa shape index (κ3) is 2.56. The Morgan fingerprint density at radius 1 is 1.47 bits per heavy atom. The first-order chi connectivity index (χ1) is 8.11. The predicted molar refractivity (Wildman–Crippen MR) is 67.1 cm³/mol. The Morgan fingerprint density at radius 2 is 2.24 bits per heavy atom. The van der Waals surface area contributed by atoms with Gasteiger partial charge in [-0.3, -0.25) is 0 Å². The molecular weight excluding hydrogens is 287 g/mol. The zero-order valence-electron chi connectivity index (χ0n) is 9.50. The monoisotopic (exact) mass is 298 g/mol. The lowest BCUT2D eigenvalue weighted by Crippen LogP contribution is -2.12. The van der Waals surface area contributed by atoms with Gasteiger partial charge >= 0.3 is 0 Å². The lowest BCUT2D eigenvalue weighted by molar-refractivity contribution is 0.441. The molecule has 0 bridgehead atoms. The number of nitrogens with one attached hydrogen (secondary N) is 1. The maximum Gasteiger partial charge on any atom is 0.211 e. The maximum absolute atomic E-state index is 13.2. The Morgan fingerprint density at radius 3 is 2.94 bits per heavy atom. The number of aromatic nitrogens is 1. The highest BCUT2D eigenvalue weighted by Crippen LogP contribution is 2.30. The first-order valence-electron chi connectivity index (χ1n) is 5.20. The van der Waals surface area contributed by atoms with Crippen molar-refractivity contribution in [2.45, 2.75) is 13.0 Å². The second kappa shape index (κ2) is 4.98. The first kappa shape index (κ1) is 12.3. The van der Waals surface area contributed by atoms with E-state index < -0.39 is 0 Å². The average Bonchev–Trinajstić information content (AvgIpc) is 2.80. The molecule has 1 N–H and O–H groups in total. The summed E-state index contributed by atoms with van der Waals surface area (Å²) < 4.78 is 19.5. The second-order valence-corrected chi connectivity index (χ2v) is 4.55. The van der Waals surface area contributed by atoms with Crippen LogP contribution in [0.5, 0.6) is 0 Å². The van der Waals surface area contributed by atoms with Crippen molar-refractivity contribution < 1.29 is 8.81 Å². The third-order valence-electron chi connectivity index (χ3n) is 2.52. The van der Waals surface area contributed by atoms with Gasteiger partial charge in [-0.1, -0.05) is 15.9 Å². The zero-order valence-corrected chi connectivity index (χ0v) is 11.1. The Kier molecular flexibility index (Phi) is 3.59. The summed E-state index contributed by atoms with van der Waals surface area (Å²) in [6.07, 6.45) is 1.60. The van der Waals surface area contributed by atoms with Crippen LogP contribution in [0.1, 0.15) is 18.9 Å². The molecule has 2 aromatic rings. The van der Waals surface area contributed by atoms with Crippen LogP contribution in [-0.4, -0.2) is 12.0 Å². The van der Waals surface area contributed by atoms with Gasteiger partial charge in [0.2, 0.25) is 5.89 Å². The van der Waals surface area contributed by atoms with Crippen molar-refractivity contribution >= 4 is 15.9 Å². The molecule has 1 heterocycles. The van der Waals surface area contributed by atoms with Crippen molar-refractivity contribution in [3.8, 4) is 11.3 Å². The summed E-state index contributed by atoms with van der Waals surface area (Å²) in [5, 5.41) is 3.03. The quantitative estimate of drug-likeness (QED) is 0.942. The van der Waals surface area contributed by atoms with Crippen LogP contribution in [0.3, 0.4) is 0 Å². The fourth-order valence-corrected chi connectivity index (χ4v) is 1.86. The molecule has 0 fully saturated rings. The molecule has 2 rings (SSSR count). The predicted octanol–water partition coefficient (Wildman–Crippen LogP) is 3.52. The van der Waals surface area contributed by atoms with E-state index in [9.17, 15) is 4.39 Å². The van der Waals surface area contributed by atoms with Gasteiger partial charge in [0.25, 0.3) is 0 Å². The van der Waals surface area contributed by atoms with E-state index in [4.69, 9.17) is 4.42 Å². The Labute approximate surface area is 107 Å².